The van der Waals surface area contributed by atoms with Crippen LogP contribution in [0.15, 0.2) is 24.5 Å². The predicted octanol–water partition coefficient (Wildman–Crippen LogP) is 1.48. The van der Waals surface area contributed by atoms with Crippen molar-refractivity contribution in [3.63, 3.8) is 0 Å². The Labute approximate surface area is 99.3 Å². The zero-order valence-corrected chi connectivity index (χ0v) is 9.92. The molecule has 0 aliphatic rings. The quantitative estimate of drug-likeness (QED) is 0.869. The van der Waals surface area contributed by atoms with Crippen molar-refractivity contribution < 1.29 is 9.90 Å². The first-order chi connectivity index (χ1) is 8.10. The van der Waals surface area contributed by atoms with Crippen molar-refractivity contribution in [1.82, 2.24) is 14.3 Å². The highest BCUT2D eigenvalue weighted by molar-refractivity contribution is 5.86. The maximum absolute atomic E-state index is 10.8. The smallest absolute Gasteiger partial charge is 0.356 e. The lowest BCUT2D eigenvalue weighted by Crippen LogP contribution is -2.16. The van der Waals surface area contributed by atoms with Gasteiger partial charge in [0.2, 0.25) is 0 Å². The van der Waals surface area contributed by atoms with Gasteiger partial charge in [0.1, 0.15) is 5.65 Å². The maximum Gasteiger partial charge on any atom is 0.356 e. The molecule has 0 bridgehead atoms. The Morgan fingerprint density at radius 3 is 2.88 bits per heavy atom. The van der Waals surface area contributed by atoms with Gasteiger partial charge in [0.15, 0.2) is 5.69 Å². The van der Waals surface area contributed by atoms with E-state index in [9.17, 15) is 4.79 Å². The second-order valence-corrected chi connectivity index (χ2v) is 4.06. The van der Waals surface area contributed by atoms with E-state index in [-0.39, 0.29) is 5.69 Å². The summed E-state index contributed by atoms with van der Waals surface area (Å²) in [5, 5.41) is 8.85. The molecule has 90 valence electrons. The summed E-state index contributed by atoms with van der Waals surface area (Å²) in [4.78, 5) is 17.0. The number of rotatable bonds is 4. The first kappa shape index (κ1) is 11.6. The fourth-order valence-electron chi connectivity index (χ4n) is 1.66. The molecule has 5 heteroatoms. The van der Waals surface area contributed by atoms with Gasteiger partial charge in [0, 0.05) is 18.9 Å². The molecule has 1 N–H and O–H groups in total. The molecule has 0 saturated heterocycles. The molecule has 0 aromatic carbocycles. The molecule has 2 aromatic rings. The van der Waals surface area contributed by atoms with E-state index in [4.69, 9.17) is 5.11 Å². The highest BCUT2D eigenvalue weighted by atomic mass is 16.4. The van der Waals surface area contributed by atoms with Gasteiger partial charge in [0.25, 0.3) is 0 Å². The molecule has 0 fully saturated rings. The molecule has 0 amide bonds. The first-order valence-corrected chi connectivity index (χ1v) is 5.49. The van der Waals surface area contributed by atoms with Crippen molar-refractivity contribution in [2.24, 2.45) is 0 Å². The van der Waals surface area contributed by atoms with Crippen LogP contribution >= 0.6 is 0 Å². The third kappa shape index (κ3) is 2.45. The van der Waals surface area contributed by atoms with Gasteiger partial charge in [0.05, 0.1) is 0 Å². The fraction of sp³-hybridized carbons (Fsp3) is 0.333. The molecule has 2 heterocycles. The van der Waals surface area contributed by atoms with Crippen LogP contribution in [0.4, 0.5) is 0 Å². The molecule has 2 aromatic heterocycles. The Morgan fingerprint density at radius 2 is 2.24 bits per heavy atom. The van der Waals surface area contributed by atoms with E-state index < -0.39 is 5.97 Å². The zero-order valence-electron chi connectivity index (χ0n) is 9.92. The van der Waals surface area contributed by atoms with Gasteiger partial charge < -0.3 is 14.4 Å². The van der Waals surface area contributed by atoms with Crippen molar-refractivity contribution in [1.29, 1.82) is 0 Å². The summed E-state index contributed by atoms with van der Waals surface area (Å²) in [6, 6.07) is 3.81. The number of carboxylic acids is 1. The second kappa shape index (κ2) is 4.55. The second-order valence-electron chi connectivity index (χ2n) is 4.06. The van der Waals surface area contributed by atoms with Crippen LogP contribution in [0.5, 0.6) is 0 Å². The molecule has 0 spiro atoms. The van der Waals surface area contributed by atoms with Crippen LogP contribution in [0.1, 0.15) is 23.0 Å². The molecule has 0 aliphatic carbocycles. The summed E-state index contributed by atoms with van der Waals surface area (Å²) in [5.74, 6) is -0.999. The number of hydrogen-bond donors (Lipinski definition) is 1. The van der Waals surface area contributed by atoms with Crippen LogP contribution in [0, 0.1) is 0 Å². The van der Waals surface area contributed by atoms with E-state index in [1.807, 2.05) is 25.4 Å². The zero-order chi connectivity index (χ0) is 12.4. The molecule has 0 unspecified atom stereocenters. The number of pyridine rings is 1. The molecule has 2 rings (SSSR count). The first-order valence-electron chi connectivity index (χ1n) is 5.49. The van der Waals surface area contributed by atoms with Crippen molar-refractivity contribution in [2.45, 2.75) is 13.5 Å². The summed E-state index contributed by atoms with van der Waals surface area (Å²) >= 11 is 0. The number of fused-ring (bicyclic) bond motifs is 1. The molecule has 5 nitrogen and oxygen atoms in total. The third-order valence-corrected chi connectivity index (χ3v) is 2.72. The lowest BCUT2D eigenvalue weighted by Gasteiger charge is -2.13. The normalized spacial score (nSPS) is 11.2. The minimum absolute atomic E-state index is 0.0750. The number of aromatic nitrogens is 2. The van der Waals surface area contributed by atoms with Crippen molar-refractivity contribution in [3.8, 4) is 0 Å². The van der Waals surface area contributed by atoms with E-state index in [0.717, 1.165) is 18.7 Å². The van der Waals surface area contributed by atoms with Crippen LogP contribution < -0.4 is 0 Å². The highest BCUT2D eigenvalue weighted by Crippen LogP contribution is 2.09. The van der Waals surface area contributed by atoms with E-state index in [0.29, 0.717) is 5.65 Å². The molecule has 0 radical (unpaired) electrons. The summed E-state index contributed by atoms with van der Waals surface area (Å²) in [6.45, 7) is 3.91. The summed E-state index contributed by atoms with van der Waals surface area (Å²) < 4.78 is 1.75. The van der Waals surface area contributed by atoms with E-state index in [1.165, 1.54) is 6.20 Å². The van der Waals surface area contributed by atoms with Gasteiger partial charge in [-0.05, 0) is 25.2 Å². The molecule has 0 aliphatic heterocycles. The van der Waals surface area contributed by atoms with Crippen LogP contribution in [-0.2, 0) is 6.54 Å². The molecule has 0 atom stereocenters. The van der Waals surface area contributed by atoms with Gasteiger partial charge in [-0.3, -0.25) is 0 Å². The Bertz CT molecular complexity index is 548. The van der Waals surface area contributed by atoms with Crippen LogP contribution in [0.2, 0.25) is 0 Å². The lowest BCUT2D eigenvalue weighted by atomic mass is 10.2. The number of imidazole rings is 1. The monoisotopic (exact) mass is 233 g/mol. The fourth-order valence-corrected chi connectivity index (χ4v) is 1.66. The Morgan fingerprint density at radius 1 is 1.47 bits per heavy atom. The van der Waals surface area contributed by atoms with Crippen molar-refractivity contribution >= 4 is 11.6 Å². The van der Waals surface area contributed by atoms with Crippen molar-refractivity contribution in [2.75, 3.05) is 13.6 Å². The Hall–Kier alpha value is -1.88. The number of aromatic carboxylic acids is 1. The van der Waals surface area contributed by atoms with E-state index in [1.54, 1.807) is 4.40 Å². The number of hydrogen-bond acceptors (Lipinski definition) is 3. The molecule has 0 saturated carbocycles. The van der Waals surface area contributed by atoms with Crippen LogP contribution in [-0.4, -0.2) is 39.0 Å². The molecular weight excluding hydrogens is 218 g/mol. The summed E-state index contributed by atoms with van der Waals surface area (Å²) in [6.07, 6.45) is 3.45. The Kier molecular flexibility index (Phi) is 3.10. The van der Waals surface area contributed by atoms with E-state index >= 15 is 0 Å². The topological polar surface area (TPSA) is 57.8 Å². The average molecular weight is 233 g/mol. The number of carbonyl (C=O) groups is 1. The summed E-state index contributed by atoms with van der Waals surface area (Å²) in [7, 11) is 2.04. The van der Waals surface area contributed by atoms with Gasteiger partial charge in [-0.25, -0.2) is 9.78 Å². The highest BCUT2D eigenvalue weighted by Gasteiger charge is 2.08. The van der Waals surface area contributed by atoms with E-state index in [2.05, 4.69) is 16.8 Å². The SMILES string of the molecule is CCN(C)Cc1ccc2nc(C(=O)O)cn2c1. The standard InChI is InChI=1S/C12H15N3O2/c1-3-14(2)6-9-4-5-11-13-10(12(16)17)8-15(11)7-9/h4-5,7-8H,3,6H2,1-2H3,(H,16,17). The largest absolute Gasteiger partial charge is 0.476 e. The number of carboxylic acid groups (broad SMARTS) is 1. The van der Waals surface area contributed by atoms with Gasteiger partial charge in [-0.2, -0.15) is 0 Å². The van der Waals surface area contributed by atoms with Crippen molar-refractivity contribution in [3.05, 3.63) is 35.8 Å². The van der Waals surface area contributed by atoms with Crippen LogP contribution in [0.3, 0.4) is 0 Å². The molecule has 17 heavy (non-hydrogen) atoms. The maximum atomic E-state index is 10.8. The van der Waals surface area contributed by atoms with Gasteiger partial charge in [-0.1, -0.05) is 13.0 Å². The van der Waals surface area contributed by atoms with Gasteiger partial charge in [-0.15, -0.1) is 0 Å². The minimum atomic E-state index is -0.999. The lowest BCUT2D eigenvalue weighted by molar-refractivity contribution is 0.0691. The minimum Gasteiger partial charge on any atom is -0.476 e. The average Bonchev–Trinajstić information content (AvgIpc) is 2.72. The third-order valence-electron chi connectivity index (χ3n) is 2.72. The summed E-state index contributed by atoms with van der Waals surface area (Å²) in [5.41, 5.74) is 1.87. The van der Waals surface area contributed by atoms with Crippen LogP contribution in [0.25, 0.3) is 5.65 Å². The molecular formula is C12H15N3O2. The number of nitrogens with zero attached hydrogens (tertiary/aromatic N) is 3. The Balaban J connectivity index is 2.33. The predicted molar refractivity (Wildman–Crippen MR) is 64.2 cm³/mol. The van der Waals surface area contributed by atoms with Gasteiger partial charge >= 0.3 is 5.97 Å².